The van der Waals surface area contributed by atoms with Crippen molar-refractivity contribution in [2.45, 2.75) is 18.9 Å². The minimum Gasteiger partial charge on any atom is -0.518 e. The number of anilines is 1. The molecule has 5 nitrogen and oxygen atoms in total. The first-order chi connectivity index (χ1) is 17.0. The van der Waals surface area contributed by atoms with Gasteiger partial charge in [0.25, 0.3) is 0 Å². The third-order valence-corrected chi connectivity index (χ3v) is 6.68. The molecule has 2 heterocycles. The number of rotatable bonds is 4. The predicted octanol–water partition coefficient (Wildman–Crippen LogP) is 6.29. The van der Waals surface area contributed by atoms with Crippen molar-refractivity contribution < 1.29 is 13.9 Å². The van der Waals surface area contributed by atoms with E-state index in [2.05, 4.69) is 20.0 Å². The molecule has 5 rings (SSSR count). The number of phenolic OH excluding ortho intramolecular Hbond substituents is 1. The molecule has 1 saturated heterocycles. The highest BCUT2D eigenvalue weighted by molar-refractivity contribution is 6.02. The van der Waals surface area contributed by atoms with Crippen molar-refractivity contribution in [2.75, 3.05) is 25.0 Å². The van der Waals surface area contributed by atoms with Crippen LogP contribution in [0.5, 0.6) is 5.75 Å². The Labute approximate surface area is 202 Å². The van der Waals surface area contributed by atoms with Crippen LogP contribution in [-0.4, -0.2) is 36.3 Å². The molecule has 176 valence electrons. The van der Waals surface area contributed by atoms with E-state index in [-0.39, 0.29) is 11.4 Å². The Hall–Kier alpha value is -4.02. The van der Waals surface area contributed by atoms with Gasteiger partial charge in [-0.1, -0.05) is 24.3 Å². The van der Waals surface area contributed by atoms with E-state index in [0.717, 1.165) is 54.2 Å². The molecule has 0 aliphatic carbocycles. The van der Waals surface area contributed by atoms with E-state index in [1.54, 1.807) is 24.4 Å². The Bertz CT molecular complexity index is 1440. The summed E-state index contributed by atoms with van der Waals surface area (Å²) < 4.78 is 28.3. The largest absolute Gasteiger partial charge is 0.518 e. The van der Waals surface area contributed by atoms with Crippen LogP contribution in [0.1, 0.15) is 12.8 Å². The molecular weight excluding hydrogens is 446 g/mol. The summed E-state index contributed by atoms with van der Waals surface area (Å²) in [6, 6.07) is 14.7. The van der Waals surface area contributed by atoms with Gasteiger partial charge < -0.3 is 15.3 Å². The first-order valence-electron chi connectivity index (χ1n) is 11.5. The van der Waals surface area contributed by atoms with E-state index < -0.39 is 11.6 Å². The molecule has 0 radical (unpaired) electrons. The lowest BCUT2D eigenvalue weighted by Crippen LogP contribution is -2.41. The van der Waals surface area contributed by atoms with Gasteiger partial charge in [0, 0.05) is 47.9 Å². The van der Waals surface area contributed by atoms with Gasteiger partial charge in [-0.3, -0.25) is 4.98 Å². The number of piperidine rings is 1. The van der Waals surface area contributed by atoms with E-state index in [1.807, 2.05) is 25.2 Å². The molecule has 1 fully saturated rings. The summed E-state index contributed by atoms with van der Waals surface area (Å²) in [4.78, 5) is 10.2. The van der Waals surface area contributed by atoms with Crippen LogP contribution in [0.2, 0.25) is 0 Å². The van der Waals surface area contributed by atoms with Gasteiger partial charge in [-0.2, -0.15) is 0 Å². The van der Waals surface area contributed by atoms with E-state index in [4.69, 9.17) is 6.57 Å². The Morgan fingerprint density at radius 3 is 2.43 bits per heavy atom. The van der Waals surface area contributed by atoms with Crippen LogP contribution in [0.15, 0.2) is 60.8 Å². The smallest absolute Gasteiger partial charge is 0.228 e. The molecule has 1 aliphatic heterocycles. The fraction of sp³-hybridized carbons (Fsp3) is 0.214. The Balaban J connectivity index is 1.74. The molecule has 4 aromatic rings. The van der Waals surface area contributed by atoms with Crippen molar-refractivity contribution in [3.05, 3.63) is 83.8 Å². The molecule has 2 N–H and O–H groups in total. The van der Waals surface area contributed by atoms with Crippen molar-refractivity contribution >= 4 is 22.3 Å². The minimum atomic E-state index is -0.644. The lowest BCUT2D eigenvalue weighted by Gasteiger charge is -2.35. The van der Waals surface area contributed by atoms with Crippen molar-refractivity contribution in [1.29, 1.82) is 0 Å². The molecule has 0 unspecified atom stereocenters. The SMILES string of the molecule is [C-]#[N+]c1cccc(-c2ccc3ncc(-c4cc(F)cc(F)c4)c(N4CCC(NC)CC4)c3c2)c1O. The summed E-state index contributed by atoms with van der Waals surface area (Å²) in [5.74, 6) is -1.36. The fourth-order valence-electron chi connectivity index (χ4n) is 4.85. The van der Waals surface area contributed by atoms with Gasteiger partial charge in [-0.05, 0) is 55.3 Å². The molecule has 7 heteroatoms. The number of aromatic hydroxyl groups is 1. The predicted molar refractivity (Wildman–Crippen MR) is 135 cm³/mol. The highest BCUT2D eigenvalue weighted by atomic mass is 19.1. The number of aromatic nitrogens is 1. The lowest BCUT2D eigenvalue weighted by molar-refractivity contribution is 0.443. The summed E-state index contributed by atoms with van der Waals surface area (Å²) >= 11 is 0. The molecule has 0 bridgehead atoms. The second-order valence-corrected chi connectivity index (χ2v) is 8.75. The average Bonchev–Trinajstić information content (AvgIpc) is 2.87. The topological polar surface area (TPSA) is 52.8 Å². The molecule has 0 spiro atoms. The van der Waals surface area contributed by atoms with Gasteiger partial charge in [0.1, 0.15) is 17.4 Å². The Morgan fingerprint density at radius 1 is 1.00 bits per heavy atom. The van der Waals surface area contributed by atoms with Gasteiger partial charge in [0.15, 0.2) is 0 Å². The van der Waals surface area contributed by atoms with Crippen LogP contribution in [0.3, 0.4) is 0 Å². The normalized spacial score (nSPS) is 14.3. The van der Waals surface area contributed by atoms with E-state index >= 15 is 0 Å². The molecule has 0 amide bonds. The summed E-state index contributed by atoms with van der Waals surface area (Å²) in [5, 5.41) is 14.8. The summed E-state index contributed by atoms with van der Waals surface area (Å²) in [7, 11) is 1.96. The van der Waals surface area contributed by atoms with Crippen LogP contribution in [0.4, 0.5) is 20.2 Å². The van der Waals surface area contributed by atoms with E-state index in [9.17, 15) is 13.9 Å². The number of hydrogen-bond donors (Lipinski definition) is 2. The number of phenols is 1. The van der Waals surface area contributed by atoms with Crippen molar-refractivity contribution in [2.24, 2.45) is 0 Å². The third kappa shape index (κ3) is 4.29. The number of hydrogen-bond acceptors (Lipinski definition) is 4. The zero-order valence-electron chi connectivity index (χ0n) is 19.2. The zero-order chi connectivity index (χ0) is 24.5. The minimum absolute atomic E-state index is 0.0745. The summed E-state index contributed by atoms with van der Waals surface area (Å²) in [5.41, 5.74) is 4.12. The molecule has 0 saturated carbocycles. The maximum atomic E-state index is 14.2. The molecule has 1 aliphatic rings. The van der Waals surface area contributed by atoms with Crippen LogP contribution in [0.25, 0.3) is 38.0 Å². The molecule has 35 heavy (non-hydrogen) atoms. The number of para-hydroxylation sites is 1. The van der Waals surface area contributed by atoms with Crippen molar-refractivity contribution in [1.82, 2.24) is 10.3 Å². The number of fused-ring (bicyclic) bond motifs is 1. The lowest BCUT2D eigenvalue weighted by atomic mass is 9.95. The fourth-order valence-corrected chi connectivity index (χ4v) is 4.85. The zero-order valence-corrected chi connectivity index (χ0v) is 19.2. The third-order valence-electron chi connectivity index (χ3n) is 6.68. The molecule has 0 atom stereocenters. The van der Waals surface area contributed by atoms with Gasteiger partial charge in [-0.15, -0.1) is 0 Å². The maximum absolute atomic E-state index is 14.2. The van der Waals surface area contributed by atoms with Gasteiger partial charge in [0.2, 0.25) is 5.69 Å². The second-order valence-electron chi connectivity index (χ2n) is 8.75. The average molecular weight is 471 g/mol. The number of nitrogens with one attached hydrogen (secondary N) is 1. The first kappa shape index (κ1) is 22.8. The van der Waals surface area contributed by atoms with Crippen LogP contribution in [0, 0.1) is 18.2 Å². The van der Waals surface area contributed by atoms with E-state index in [1.165, 1.54) is 12.1 Å². The van der Waals surface area contributed by atoms with Crippen LogP contribution in [-0.2, 0) is 0 Å². The summed E-state index contributed by atoms with van der Waals surface area (Å²) in [6.45, 7) is 8.87. The Morgan fingerprint density at radius 2 is 1.74 bits per heavy atom. The Kier molecular flexibility index (Phi) is 6.06. The summed E-state index contributed by atoms with van der Waals surface area (Å²) in [6.07, 6.45) is 3.54. The second kappa shape index (κ2) is 9.32. The standard InChI is InChI=1S/C28H24F2N4O/c1-31-21-8-10-34(11-9-21)27-23-14-17(22-4-3-5-26(32-2)28(22)35)6-7-25(23)33-16-24(27)18-12-19(29)15-20(30)13-18/h3-7,12-16,21,31,35H,8-11H2,1H3. The number of pyridine rings is 1. The number of benzene rings is 3. The highest BCUT2D eigenvalue weighted by Crippen LogP contribution is 2.42. The van der Waals surface area contributed by atoms with Gasteiger partial charge >= 0.3 is 0 Å². The monoisotopic (exact) mass is 470 g/mol. The highest BCUT2D eigenvalue weighted by Gasteiger charge is 2.24. The molecule has 3 aromatic carbocycles. The van der Waals surface area contributed by atoms with Crippen molar-refractivity contribution in [3.8, 4) is 28.0 Å². The van der Waals surface area contributed by atoms with Crippen LogP contribution >= 0.6 is 0 Å². The molecular formula is C28H24F2N4O. The van der Waals surface area contributed by atoms with Gasteiger partial charge in [-0.25, -0.2) is 13.6 Å². The number of nitrogens with zero attached hydrogens (tertiary/aromatic N) is 3. The van der Waals surface area contributed by atoms with Gasteiger partial charge in [0.05, 0.1) is 17.8 Å². The quantitative estimate of drug-likeness (QED) is 0.344. The molecule has 1 aromatic heterocycles. The maximum Gasteiger partial charge on any atom is 0.228 e. The van der Waals surface area contributed by atoms with E-state index in [0.29, 0.717) is 22.7 Å². The van der Waals surface area contributed by atoms with Crippen molar-refractivity contribution in [3.63, 3.8) is 0 Å². The number of halogens is 2. The first-order valence-corrected chi connectivity index (χ1v) is 11.5. The van der Waals surface area contributed by atoms with Crippen LogP contribution < -0.4 is 10.2 Å².